The fourth-order valence-corrected chi connectivity index (χ4v) is 2.42. The fraction of sp³-hybridized carbons (Fsp3) is 0.118. The average Bonchev–Trinajstić information content (AvgIpc) is 2.55. The molecule has 3 rings (SSSR count). The van der Waals surface area contributed by atoms with Gasteiger partial charge in [0.2, 0.25) is 0 Å². The van der Waals surface area contributed by atoms with Crippen LogP contribution in [0.1, 0.15) is 11.6 Å². The Bertz CT molecular complexity index is 743. The highest BCUT2D eigenvalue weighted by Gasteiger charge is 2.12. The molecular weight excluding hydrogens is 262 g/mol. The number of rotatable bonds is 4. The molecule has 4 heteroatoms. The summed E-state index contributed by atoms with van der Waals surface area (Å²) in [5, 5.41) is 13.9. The van der Waals surface area contributed by atoms with Gasteiger partial charge in [-0.05, 0) is 29.8 Å². The van der Waals surface area contributed by atoms with Gasteiger partial charge in [0.25, 0.3) is 0 Å². The van der Waals surface area contributed by atoms with Crippen molar-refractivity contribution in [2.24, 2.45) is 0 Å². The van der Waals surface area contributed by atoms with Crippen LogP contribution < -0.4 is 11.1 Å². The molecule has 21 heavy (non-hydrogen) atoms. The molecule has 1 aromatic heterocycles. The second-order valence-corrected chi connectivity index (χ2v) is 4.89. The Morgan fingerprint density at radius 2 is 1.86 bits per heavy atom. The van der Waals surface area contributed by atoms with Crippen molar-refractivity contribution in [1.29, 1.82) is 0 Å². The third-order valence-electron chi connectivity index (χ3n) is 3.52. The zero-order valence-corrected chi connectivity index (χ0v) is 11.5. The summed E-state index contributed by atoms with van der Waals surface area (Å²) in [7, 11) is 0. The minimum absolute atomic E-state index is 0.00270. The van der Waals surface area contributed by atoms with E-state index in [2.05, 4.69) is 10.3 Å². The zero-order chi connectivity index (χ0) is 14.7. The Hall–Kier alpha value is -2.59. The smallest absolute Gasteiger partial charge is 0.0954 e. The first-order valence-electron chi connectivity index (χ1n) is 6.85. The number of nitrogens with one attached hydrogen (secondary N) is 1. The van der Waals surface area contributed by atoms with Gasteiger partial charge in [-0.3, -0.25) is 4.98 Å². The lowest BCUT2D eigenvalue weighted by molar-refractivity contribution is 0.276. The number of anilines is 2. The molecule has 0 aliphatic rings. The predicted octanol–water partition coefficient (Wildman–Crippen LogP) is 2.96. The maximum Gasteiger partial charge on any atom is 0.0954 e. The van der Waals surface area contributed by atoms with E-state index in [1.54, 1.807) is 6.20 Å². The van der Waals surface area contributed by atoms with Crippen LogP contribution in [0.15, 0.2) is 60.8 Å². The lowest BCUT2D eigenvalue weighted by atomic mass is 10.1. The van der Waals surface area contributed by atoms with Gasteiger partial charge < -0.3 is 16.2 Å². The zero-order valence-electron chi connectivity index (χ0n) is 11.5. The Labute approximate surface area is 123 Å². The van der Waals surface area contributed by atoms with E-state index in [1.165, 1.54) is 0 Å². The van der Waals surface area contributed by atoms with Gasteiger partial charge in [0.05, 0.1) is 23.9 Å². The van der Waals surface area contributed by atoms with Crippen molar-refractivity contribution in [1.82, 2.24) is 4.98 Å². The number of aromatic nitrogens is 1. The Balaban J connectivity index is 1.99. The summed E-state index contributed by atoms with van der Waals surface area (Å²) in [4.78, 5) is 4.40. The van der Waals surface area contributed by atoms with Crippen molar-refractivity contribution >= 4 is 22.3 Å². The van der Waals surface area contributed by atoms with E-state index >= 15 is 0 Å². The van der Waals surface area contributed by atoms with Crippen LogP contribution in [0.5, 0.6) is 0 Å². The first-order valence-corrected chi connectivity index (χ1v) is 6.85. The summed E-state index contributed by atoms with van der Waals surface area (Å²) < 4.78 is 0. The van der Waals surface area contributed by atoms with Gasteiger partial charge in [-0.25, -0.2) is 0 Å². The van der Waals surface area contributed by atoms with Gasteiger partial charge in [-0.15, -0.1) is 0 Å². The lowest BCUT2D eigenvalue weighted by Gasteiger charge is -2.19. The van der Waals surface area contributed by atoms with Crippen molar-refractivity contribution in [3.63, 3.8) is 0 Å². The highest BCUT2D eigenvalue weighted by atomic mass is 16.3. The maximum absolute atomic E-state index is 9.66. The number of hydrogen-bond acceptors (Lipinski definition) is 4. The van der Waals surface area contributed by atoms with E-state index in [0.717, 1.165) is 22.2 Å². The van der Waals surface area contributed by atoms with Crippen LogP contribution in [0.2, 0.25) is 0 Å². The molecule has 4 nitrogen and oxygen atoms in total. The van der Waals surface area contributed by atoms with Crippen molar-refractivity contribution in [2.75, 3.05) is 17.7 Å². The molecule has 0 bridgehead atoms. The van der Waals surface area contributed by atoms with Crippen molar-refractivity contribution in [3.05, 3.63) is 66.4 Å². The molecule has 4 N–H and O–H groups in total. The van der Waals surface area contributed by atoms with Crippen LogP contribution in [-0.2, 0) is 0 Å². The Morgan fingerprint density at radius 3 is 2.62 bits per heavy atom. The van der Waals surface area contributed by atoms with E-state index in [4.69, 9.17) is 5.73 Å². The normalized spacial score (nSPS) is 12.2. The molecule has 0 aliphatic heterocycles. The highest BCUT2D eigenvalue weighted by molar-refractivity contribution is 5.98. The summed E-state index contributed by atoms with van der Waals surface area (Å²) in [5.41, 5.74) is 9.38. The number of fused-ring (bicyclic) bond motifs is 1. The van der Waals surface area contributed by atoms with Crippen LogP contribution in [0, 0.1) is 0 Å². The Morgan fingerprint density at radius 1 is 1.05 bits per heavy atom. The molecule has 106 valence electrons. The quantitative estimate of drug-likeness (QED) is 0.642. The topological polar surface area (TPSA) is 71.2 Å². The van der Waals surface area contributed by atoms with Crippen molar-refractivity contribution in [2.45, 2.75) is 6.04 Å². The molecule has 0 spiro atoms. The minimum atomic E-state index is -0.181. The SMILES string of the molecule is Nc1ccc(NC(CO)c2ccccc2)c2ncccc12. The van der Waals surface area contributed by atoms with Crippen LogP contribution in [0.25, 0.3) is 10.9 Å². The van der Waals surface area contributed by atoms with Crippen LogP contribution in [0.4, 0.5) is 11.4 Å². The van der Waals surface area contributed by atoms with Gasteiger partial charge >= 0.3 is 0 Å². The molecule has 0 amide bonds. The van der Waals surface area contributed by atoms with Crippen LogP contribution in [0.3, 0.4) is 0 Å². The number of aliphatic hydroxyl groups is 1. The van der Waals surface area contributed by atoms with Gasteiger partial charge in [-0.2, -0.15) is 0 Å². The first-order chi connectivity index (χ1) is 10.3. The molecule has 3 aromatic rings. The number of nitrogens with zero attached hydrogens (tertiary/aromatic N) is 1. The highest BCUT2D eigenvalue weighted by Crippen LogP contribution is 2.29. The summed E-state index contributed by atoms with van der Waals surface area (Å²) in [6, 6.07) is 17.2. The molecule has 0 radical (unpaired) electrons. The molecule has 0 aliphatic carbocycles. The molecular formula is C17H17N3O. The molecule has 1 atom stereocenters. The molecule has 1 unspecified atom stereocenters. The lowest BCUT2D eigenvalue weighted by Crippen LogP contribution is -2.15. The van der Waals surface area contributed by atoms with Gasteiger partial charge in [0.1, 0.15) is 0 Å². The van der Waals surface area contributed by atoms with E-state index in [0.29, 0.717) is 5.69 Å². The van der Waals surface area contributed by atoms with E-state index in [-0.39, 0.29) is 12.6 Å². The first kappa shape index (κ1) is 13.4. The summed E-state index contributed by atoms with van der Waals surface area (Å²) in [6.45, 7) is 0.00270. The van der Waals surface area contributed by atoms with E-state index in [9.17, 15) is 5.11 Å². The van der Waals surface area contributed by atoms with Gasteiger partial charge in [0.15, 0.2) is 0 Å². The predicted molar refractivity (Wildman–Crippen MR) is 86.0 cm³/mol. The van der Waals surface area contributed by atoms with Gasteiger partial charge in [-0.1, -0.05) is 30.3 Å². The third-order valence-corrected chi connectivity index (χ3v) is 3.52. The average molecular weight is 279 g/mol. The van der Waals surface area contributed by atoms with Crippen molar-refractivity contribution in [3.8, 4) is 0 Å². The molecule has 0 fully saturated rings. The summed E-state index contributed by atoms with van der Waals surface area (Å²) in [6.07, 6.45) is 1.74. The fourth-order valence-electron chi connectivity index (χ4n) is 2.42. The van der Waals surface area contributed by atoms with E-state index in [1.807, 2.05) is 54.6 Å². The summed E-state index contributed by atoms with van der Waals surface area (Å²) >= 11 is 0. The van der Waals surface area contributed by atoms with Crippen LogP contribution >= 0.6 is 0 Å². The number of aliphatic hydroxyl groups excluding tert-OH is 1. The minimum Gasteiger partial charge on any atom is -0.398 e. The molecule has 1 heterocycles. The number of pyridine rings is 1. The summed E-state index contributed by atoms with van der Waals surface area (Å²) in [5.74, 6) is 0. The maximum atomic E-state index is 9.66. The van der Waals surface area contributed by atoms with Crippen LogP contribution in [-0.4, -0.2) is 16.7 Å². The molecule has 0 saturated carbocycles. The third kappa shape index (κ3) is 2.66. The number of benzene rings is 2. The van der Waals surface area contributed by atoms with E-state index < -0.39 is 0 Å². The monoisotopic (exact) mass is 279 g/mol. The Kier molecular flexibility index (Phi) is 3.71. The number of nitrogen functional groups attached to an aromatic ring is 1. The molecule has 2 aromatic carbocycles. The van der Waals surface area contributed by atoms with Gasteiger partial charge in [0, 0.05) is 17.3 Å². The number of nitrogens with two attached hydrogens (primary N) is 1. The number of hydrogen-bond donors (Lipinski definition) is 3. The largest absolute Gasteiger partial charge is 0.398 e. The standard InChI is InChI=1S/C17H17N3O/c18-14-8-9-15(17-13(14)7-4-10-19-17)20-16(11-21)12-5-2-1-3-6-12/h1-10,16,20-21H,11,18H2. The second-order valence-electron chi connectivity index (χ2n) is 4.89. The van der Waals surface area contributed by atoms with Crippen molar-refractivity contribution < 1.29 is 5.11 Å². The second kappa shape index (κ2) is 5.81. The molecule has 0 saturated heterocycles.